The van der Waals surface area contributed by atoms with Crippen LogP contribution in [0.15, 0.2) is 53.7 Å². The summed E-state index contributed by atoms with van der Waals surface area (Å²) in [6.07, 6.45) is 0. The Morgan fingerprint density at radius 3 is 2.63 bits per heavy atom. The van der Waals surface area contributed by atoms with Crippen molar-refractivity contribution in [3.63, 3.8) is 0 Å². The van der Waals surface area contributed by atoms with Gasteiger partial charge in [0, 0.05) is 22.7 Å². The van der Waals surface area contributed by atoms with Crippen molar-refractivity contribution in [3.8, 4) is 11.4 Å². The monoisotopic (exact) mass is 464 g/mol. The molecule has 0 fully saturated rings. The van der Waals surface area contributed by atoms with E-state index in [0.717, 1.165) is 11.1 Å². The predicted molar refractivity (Wildman–Crippen MR) is 121 cm³/mol. The van der Waals surface area contributed by atoms with Gasteiger partial charge in [0.15, 0.2) is 11.0 Å². The zero-order chi connectivity index (χ0) is 21.5. The number of methoxy groups -OCH3 is 1. The molecule has 1 amide bonds. The van der Waals surface area contributed by atoms with Crippen LogP contribution < -0.4 is 5.32 Å². The second-order valence-electron chi connectivity index (χ2n) is 6.59. The van der Waals surface area contributed by atoms with Crippen LogP contribution in [0.3, 0.4) is 0 Å². The highest BCUT2D eigenvalue weighted by molar-refractivity contribution is 7.99. The third kappa shape index (κ3) is 5.98. The molecule has 9 heteroatoms. The van der Waals surface area contributed by atoms with Gasteiger partial charge >= 0.3 is 0 Å². The van der Waals surface area contributed by atoms with Gasteiger partial charge in [-0.15, -0.1) is 10.2 Å². The van der Waals surface area contributed by atoms with Gasteiger partial charge in [-0.2, -0.15) is 0 Å². The summed E-state index contributed by atoms with van der Waals surface area (Å²) in [6, 6.07) is 14.7. The van der Waals surface area contributed by atoms with Gasteiger partial charge < -0.3 is 10.1 Å². The molecule has 1 aromatic heterocycles. The average Bonchev–Trinajstić information content (AvgIpc) is 3.14. The maximum Gasteiger partial charge on any atom is 0.230 e. The summed E-state index contributed by atoms with van der Waals surface area (Å²) in [7, 11) is 1.64. The van der Waals surface area contributed by atoms with Gasteiger partial charge in [0.05, 0.1) is 24.9 Å². The molecule has 0 saturated carbocycles. The Bertz CT molecular complexity index is 995. The Hall–Kier alpha value is -2.06. The topological polar surface area (TPSA) is 69.0 Å². The Morgan fingerprint density at radius 2 is 1.93 bits per heavy atom. The lowest BCUT2D eigenvalue weighted by Gasteiger charge is -2.14. The van der Waals surface area contributed by atoms with Gasteiger partial charge in [-0.3, -0.25) is 9.36 Å². The van der Waals surface area contributed by atoms with Crippen LogP contribution in [-0.4, -0.2) is 40.1 Å². The molecule has 158 valence electrons. The fourth-order valence-electron chi connectivity index (χ4n) is 2.86. The summed E-state index contributed by atoms with van der Waals surface area (Å²) >= 11 is 13.4. The number of hydrogen-bond donors (Lipinski definition) is 1. The first-order valence-electron chi connectivity index (χ1n) is 9.33. The normalized spacial score (nSPS) is 12.0. The standard InChI is InChI=1S/C21H22Cl2N4O2S/c1-14(16-4-3-5-18(23)12-16)24-19(28)13-30-21-26-25-20(27(21)10-11-29-2)15-6-8-17(22)9-7-15/h3-9,12,14H,10-11,13H2,1-2H3,(H,24,28)/t14-/m0/s1. The molecule has 1 atom stereocenters. The van der Waals surface area contributed by atoms with Gasteiger partial charge in [0.2, 0.25) is 5.91 Å². The minimum atomic E-state index is -0.146. The van der Waals surface area contributed by atoms with Crippen molar-refractivity contribution in [1.29, 1.82) is 0 Å². The first-order valence-corrected chi connectivity index (χ1v) is 11.1. The molecule has 3 rings (SSSR count). The molecule has 3 aromatic rings. The van der Waals surface area contributed by atoms with E-state index in [1.807, 2.05) is 54.0 Å². The van der Waals surface area contributed by atoms with Gasteiger partial charge in [0.25, 0.3) is 0 Å². The second kappa shape index (κ2) is 10.8. The molecule has 0 saturated heterocycles. The SMILES string of the molecule is COCCn1c(SCC(=O)N[C@@H](C)c2cccc(Cl)c2)nnc1-c1ccc(Cl)cc1. The molecule has 0 radical (unpaired) electrons. The average molecular weight is 465 g/mol. The first kappa shape index (κ1) is 22.6. The molecular weight excluding hydrogens is 443 g/mol. The number of aromatic nitrogens is 3. The number of halogens is 2. The van der Waals surface area contributed by atoms with Gasteiger partial charge in [-0.05, 0) is 48.9 Å². The maximum atomic E-state index is 12.5. The molecule has 1 N–H and O–H groups in total. The zero-order valence-electron chi connectivity index (χ0n) is 16.6. The van der Waals surface area contributed by atoms with Crippen LogP contribution in [0.4, 0.5) is 0 Å². The molecule has 2 aromatic carbocycles. The molecule has 0 spiro atoms. The van der Waals surface area contributed by atoms with Gasteiger partial charge in [-0.25, -0.2) is 0 Å². The Morgan fingerprint density at radius 1 is 1.17 bits per heavy atom. The molecule has 6 nitrogen and oxygen atoms in total. The number of benzene rings is 2. The first-order chi connectivity index (χ1) is 14.5. The van der Waals surface area contributed by atoms with Gasteiger partial charge in [0.1, 0.15) is 0 Å². The largest absolute Gasteiger partial charge is 0.383 e. The van der Waals surface area contributed by atoms with E-state index in [-0.39, 0.29) is 17.7 Å². The number of thioether (sulfide) groups is 1. The number of rotatable bonds is 9. The lowest BCUT2D eigenvalue weighted by molar-refractivity contribution is -0.119. The number of ether oxygens (including phenoxy) is 1. The number of amides is 1. The molecule has 30 heavy (non-hydrogen) atoms. The van der Waals surface area contributed by atoms with E-state index >= 15 is 0 Å². The van der Waals surface area contributed by atoms with Crippen molar-refractivity contribution in [2.75, 3.05) is 19.5 Å². The highest BCUT2D eigenvalue weighted by atomic mass is 35.5. The van der Waals surface area contributed by atoms with Crippen molar-refractivity contribution in [2.45, 2.75) is 24.7 Å². The number of carbonyl (C=O) groups is 1. The highest BCUT2D eigenvalue weighted by Gasteiger charge is 2.17. The fourth-order valence-corrected chi connectivity index (χ4v) is 3.97. The molecule has 0 bridgehead atoms. The van der Waals surface area contributed by atoms with Crippen LogP contribution in [0.2, 0.25) is 10.0 Å². The van der Waals surface area contributed by atoms with Crippen molar-refractivity contribution >= 4 is 40.9 Å². The van der Waals surface area contributed by atoms with Crippen LogP contribution in [0, 0.1) is 0 Å². The third-order valence-electron chi connectivity index (χ3n) is 4.40. The van der Waals surface area contributed by atoms with Crippen LogP contribution in [-0.2, 0) is 16.1 Å². The Labute approximate surface area is 189 Å². The van der Waals surface area contributed by atoms with E-state index in [2.05, 4.69) is 15.5 Å². The quantitative estimate of drug-likeness (QED) is 0.457. The van der Waals surface area contributed by atoms with Crippen LogP contribution in [0.1, 0.15) is 18.5 Å². The van der Waals surface area contributed by atoms with E-state index < -0.39 is 0 Å². The molecule has 0 aliphatic rings. The summed E-state index contributed by atoms with van der Waals surface area (Å²) in [6.45, 7) is 3.00. The second-order valence-corrected chi connectivity index (χ2v) is 8.41. The van der Waals surface area contributed by atoms with Gasteiger partial charge in [-0.1, -0.05) is 47.1 Å². The summed E-state index contributed by atoms with van der Waals surface area (Å²) in [5, 5.41) is 13.5. The Balaban J connectivity index is 1.68. The lowest BCUT2D eigenvalue weighted by atomic mass is 10.1. The van der Waals surface area contributed by atoms with E-state index in [9.17, 15) is 4.79 Å². The van der Waals surface area contributed by atoms with Crippen LogP contribution in [0.25, 0.3) is 11.4 Å². The summed E-state index contributed by atoms with van der Waals surface area (Å²) < 4.78 is 7.17. The Kier molecular flexibility index (Phi) is 8.16. The number of nitrogens with one attached hydrogen (secondary N) is 1. The molecule has 1 heterocycles. The molecular formula is C21H22Cl2N4O2S. The molecule has 0 aliphatic carbocycles. The number of hydrogen-bond acceptors (Lipinski definition) is 5. The van der Waals surface area contributed by atoms with E-state index in [1.54, 1.807) is 13.2 Å². The summed E-state index contributed by atoms with van der Waals surface area (Å²) in [5.74, 6) is 0.831. The summed E-state index contributed by atoms with van der Waals surface area (Å²) in [5.41, 5.74) is 1.85. The van der Waals surface area contributed by atoms with E-state index in [1.165, 1.54) is 11.8 Å². The molecule has 0 aliphatic heterocycles. The predicted octanol–water partition coefficient (Wildman–Crippen LogP) is 4.87. The van der Waals surface area contributed by atoms with Crippen molar-refractivity contribution < 1.29 is 9.53 Å². The van der Waals surface area contributed by atoms with Crippen molar-refractivity contribution in [1.82, 2.24) is 20.1 Å². The minimum absolute atomic E-state index is 0.0955. The summed E-state index contributed by atoms with van der Waals surface area (Å²) in [4.78, 5) is 12.5. The number of nitrogens with zero attached hydrogens (tertiary/aromatic N) is 3. The lowest BCUT2D eigenvalue weighted by Crippen LogP contribution is -2.28. The van der Waals surface area contributed by atoms with Crippen LogP contribution >= 0.6 is 35.0 Å². The maximum absolute atomic E-state index is 12.5. The number of carbonyl (C=O) groups excluding carboxylic acids is 1. The fraction of sp³-hybridized carbons (Fsp3) is 0.286. The minimum Gasteiger partial charge on any atom is -0.383 e. The van der Waals surface area contributed by atoms with Crippen LogP contribution in [0.5, 0.6) is 0 Å². The van der Waals surface area contributed by atoms with E-state index in [0.29, 0.717) is 34.2 Å². The van der Waals surface area contributed by atoms with Crippen molar-refractivity contribution in [3.05, 3.63) is 64.1 Å². The van der Waals surface area contributed by atoms with Crippen molar-refractivity contribution in [2.24, 2.45) is 0 Å². The van der Waals surface area contributed by atoms with E-state index in [4.69, 9.17) is 27.9 Å². The smallest absolute Gasteiger partial charge is 0.230 e. The molecule has 0 unspecified atom stereocenters. The highest BCUT2D eigenvalue weighted by Crippen LogP contribution is 2.25. The third-order valence-corrected chi connectivity index (χ3v) is 5.85. The zero-order valence-corrected chi connectivity index (χ0v) is 19.0.